The lowest BCUT2D eigenvalue weighted by molar-refractivity contribution is -0.121. The van der Waals surface area contributed by atoms with Crippen molar-refractivity contribution in [3.8, 4) is 0 Å². The molecule has 0 aliphatic heterocycles. The summed E-state index contributed by atoms with van der Waals surface area (Å²) in [5.41, 5.74) is 0.960. The Morgan fingerprint density at radius 3 is 2.62 bits per heavy atom. The minimum atomic E-state index is -0.955. The highest BCUT2D eigenvalue weighted by Gasteiger charge is 2.10. The fourth-order valence-electron chi connectivity index (χ4n) is 2.06. The van der Waals surface area contributed by atoms with Gasteiger partial charge in [0.25, 0.3) is 0 Å². The maximum absolute atomic E-state index is 11.8. The zero-order chi connectivity index (χ0) is 15.1. The van der Waals surface area contributed by atoms with Gasteiger partial charge in [0.2, 0.25) is 5.91 Å². The molecule has 0 fully saturated rings. The molecule has 1 aromatic carbocycles. The van der Waals surface area contributed by atoms with Gasteiger partial charge in [-0.3, -0.25) is 4.79 Å². The van der Waals surface area contributed by atoms with Gasteiger partial charge < -0.3 is 10.4 Å². The van der Waals surface area contributed by atoms with Crippen molar-refractivity contribution in [1.29, 1.82) is 0 Å². The van der Waals surface area contributed by atoms with Crippen LogP contribution in [0.15, 0.2) is 41.8 Å². The largest absolute Gasteiger partial charge is 0.478 e. The number of carbonyl (C=O) groups is 2. The molecule has 0 atom stereocenters. The molecule has 0 aliphatic rings. The van der Waals surface area contributed by atoms with Crippen LogP contribution in [0.4, 0.5) is 0 Å². The number of carbonyl (C=O) groups excluding carboxylic acids is 1. The predicted molar refractivity (Wildman–Crippen MR) is 82.8 cm³/mol. The van der Waals surface area contributed by atoms with Crippen LogP contribution in [0.3, 0.4) is 0 Å². The molecule has 0 saturated heterocycles. The highest BCUT2D eigenvalue weighted by atomic mass is 32.1. The molecule has 0 bridgehead atoms. The molecular weight excluding hydrogens is 286 g/mol. The summed E-state index contributed by atoms with van der Waals surface area (Å²) in [4.78, 5) is 24.1. The van der Waals surface area contributed by atoms with Crippen molar-refractivity contribution in [2.75, 3.05) is 6.54 Å². The third kappa shape index (κ3) is 4.72. The molecule has 110 valence electrons. The van der Waals surface area contributed by atoms with Gasteiger partial charge in [-0.1, -0.05) is 24.3 Å². The first-order valence-electron chi connectivity index (χ1n) is 6.77. The van der Waals surface area contributed by atoms with Crippen LogP contribution < -0.4 is 5.32 Å². The maximum atomic E-state index is 11.8. The second kappa shape index (κ2) is 7.59. The van der Waals surface area contributed by atoms with E-state index in [1.165, 1.54) is 4.88 Å². The Labute approximate surface area is 127 Å². The normalized spacial score (nSPS) is 10.3. The Bertz CT molecular complexity index is 608. The van der Waals surface area contributed by atoms with Crippen molar-refractivity contribution in [2.24, 2.45) is 0 Å². The second-order valence-electron chi connectivity index (χ2n) is 4.64. The van der Waals surface area contributed by atoms with Gasteiger partial charge in [0, 0.05) is 17.8 Å². The van der Waals surface area contributed by atoms with Gasteiger partial charge >= 0.3 is 5.97 Å². The monoisotopic (exact) mass is 303 g/mol. The maximum Gasteiger partial charge on any atom is 0.335 e. The number of rotatable bonds is 7. The Balaban J connectivity index is 1.77. The van der Waals surface area contributed by atoms with Crippen molar-refractivity contribution in [2.45, 2.75) is 19.3 Å². The number of aromatic carboxylic acids is 1. The number of amides is 1. The van der Waals surface area contributed by atoms with E-state index in [-0.39, 0.29) is 11.5 Å². The first-order valence-corrected chi connectivity index (χ1v) is 7.65. The summed E-state index contributed by atoms with van der Waals surface area (Å²) in [6.45, 7) is 0.611. The molecule has 1 amide bonds. The smallest absolute Gasteiger partial charge is 0.335 e. The number of thiophene rings is 1. The highest BCUT2D eigenvalue weighted by molar-refractivity contribution is 7.09. The second-order valence-corrected chi connectivity index (χ2v) is 5.67. The summed E-state index contributed by atoms with van der Waals surface area (Å²) in [5.74, 6) is -1.00. The lowest BCUT2D eigenvalue weighted by Gasteiger charge is -2.07. The Hall–Kier alpha value is -2.14. The molecule has 5 heteroatoms. The molecular formula is C16H17NO3S. The molecule has 4 nitrogen and oxygen atoms in total. The molecule has 2 N–H and O–H groups in total. The summed E-state index contributed by atoms with van der Waals surface area (Å²) in [7, 11) is 0. The lowest BCUT2D eigenvalue weighted by Crippen LogP contribution is -2.25. The topological polar surface area (TPSA) is 66.4 Å². The Morgan fingerprint density at radius 2 is 1.90 bits per heavy atom. The van der Waals surface area contributed by atoms with E-state index in [1.807, 2.05) is 17.5 Å². The van der Waals surface area contributed by atoms with Crippen molar-refractivity contribution in [1.82, 2.24) is 5.32 Å². The molecule has 21 heavy (non-hydrogen) atoms. The first kappa shape index (κ1) is 15.3. The zero-order valence-electron chi connectivity index (χ0n) is 11.5. The number of benzene rings is 1. The Morgan fingerprint density at radius 1 is 1.10 bits per heavy atom. The molecule has 0 spiro atoms. The lowest BCUT2D eigenvalue weighted by atomic mass is 10.0. The molecule has 0 radical (unpaired) electrons. The fourth-order valence-corrected chi connectivity index (χ4v) is 2.77. The summed E-state index contributed by atoms with van der Waals surface area (Å²) in [6.07, 6.45) is 1.57. The standard InChI is InChI=1S/C16H17NO3S/c18-15(17-10-9-13-5-3-11-21-13)8-7-12-4-1-2-6-14(12)16(19)20/h1-6,11H,7-10H2,(H,17,18)(H,19,20). The molecule has 2 rings (SSSR count). The van der Waals surface area contributed by atoms with Crippen molar-refractivity contribution in [3.63, 3.8) is 0 Å². The summed E-state index contributed by atoms with van der Waals surface area (Å²) < 4.78 is 0. The highest BCUT2D eigenvalue weighted by Crippen LogP contribution is 2.11. The molecule has 0 saturated carbocycles. The summed E-state index contributed by atoms with van der Waals surface area (Å²) >= 11 is 1.67. The average molecular weight is 303 g/mol. The first-order chi connectivity index (χ1) is 10.2. The van der Waals surface area contributed by atoms with E-state index in [2.05, 4.69) is 5.32 Å². The van der Waals surface area contributed by atoms with Crippen LogP contribution in [0.25, 0.3) is 0 Å². The van der Waals surface area contributed by atoms with Crippen LogP contribution >= 0.6 is 11.3 Å². The van der Waals surface area contributed by atoms with Gasteiger partial charge in [-0.05, 0) is 35.9 Å². The van der Waals surface area contributed by atoms with Gasteiger partial charge in [-0.2, -0.15) is 0 Å². The van der Waals surface area contributed by atoms with E-state index < -0.39 is 5.97 Å². The van der Waals surface area contributed by atoms with E-state index in [9.17, 15) is 9.59 Å². The molecule has 2 aromatic rings. The van der Waals surface area contributed by atoms with E-state index in [0.717, 1.165) is 6.42 Å². The molecule has 1 heterocycles. The average Bonchev–Trinajstić information content (AvgIpc) is 2.98. The molecule has 0 aliphatic carbocycles. The quantitative estimate of drug-likeness (QED) is 0.826. The Kier molecular flexibility index (Phi) is 5.51. The third-order valence-corrected chi connectivity index (χ3v) is 4.08. The number of aryl methyl sites for hydroxylation is 1. The van der Waals surface area contributed by atoms with Gasteiger partial charge in [0.1, 0.15) is 0 Å². The van der Waals surface area contributed by atoms with Crippen LogP contribution in [0.5, 0.6) is 0 Å². The number of hydrogen-bond acceptors (Lipinski definition) is 3. The van der Waals surface area contributed by atoms with E-state index in [4.69, 9.17) is 5.11 Å². The third-order valence-electron chi connectivity index (χ3n) is 3.14. The van der Waals surface area contributed by atoms with Gasteiger partial charge in [-0.15, -0.1) is 11.3 Å². The zero-order valence-corrected chi connectivity index (χ0v) is 12.4. The number of nitrogens with one attached hydrogen (secondary N) is 1. The summed E-state index contributed by atoms with van der Waals surface area (Å²) in [6, 6.07) is 10.8. The van der Waals surface area contributed by atoms with Gasteiger partial charge in [-0.25, -0.2) is 4.79 Å². The fraction of sp³-hybridized carbons (Fsp3) is 0.250. The van der Waals surface area contributed by atoms with Crippen molar-refractivity contribution in [3.05, 3.63) is 57.8 Å². The number of hydrogen-bond donors (Lipinski definition) is 2. The number of carboxylic acid groups (broad SMARTS) is 1. The predicted octanol–water partition coefficient (Wildman–Crippen LogP) is 2.74. The van der Waals surface area contributed by atoms with Crippen molar-refractivity contribution < 1.29 is 14.7 Å². The molecule has 0 unspecified atom stereocenters. The SMILES string of the molecule is O=C(CCc1ccccc1C(=O)O)NCCc1cccs1. The van der Waals surface area contributed by atoms with Crippen LogP contribution in [-0.4, -0.2) is 23.5 Å². The van der Waals surface area contributed by atoms with Gasteiger partial charge in [0.15, 0.2) is 0 Å². The van der Waals surface area contributed by atoms with Crippen LogP contribution in [0.2, 0.25) is 0 Å². The van der Waals surface area contributed by atoms with Gasteiger partial charge in [0.05, 0.1) is 5.56 Å². The van der Waals surface area contributed by atoms with Crippen LogP contribution in [0, 0.1) is 0 Å². The molecule has 1 aromatic heterocycles. The van der Waals surface area contributed by atoms with E-state index >= 15 is 0 Å². The summed E-state index contributed by atoms with van der Waals surface area (Å²) in [5, 5.41) is 14.0. The van der Waals surface area contributed by atoms with Crippen LogP contribution in [0.1, 0.15) is 27.2 Å². The number of carboxylic acids is 1. The van der Waals surface area contributed by atoms with E-state index in [0.29, 0.717) is 24.9 Å². The van der Waals surface area contributed by atoms with Crippen molar-refractivity contribution >= 4 is 23.2 Å². The minimum absolute atomic E-state index is 0.0493. The van der Waals surface area contributed by atoms with Crippen LogP contribution in [-0.2, 0) is 17.6 Å². The van der Waals surface area contributed by atoms with E-state index in [1.54, 1.807) is 35.6 Å². The minimum Gasteiger partial charge on any atom is -0.478 e.